The van der Waals surface area contributed by atoms with Crippen LogP contribution < -0.4 is 0 Å². The molecule has 1 aliphatic rings. The second kappa shape index (κ2) is 20.8. The predicted octanol–water partition coefficient (Wildman–Crippen LogP) is 11.5. The highest BCUT2D eigenvalue weighted by atomic mass is 28.4. The molecule has 8 nitrogen and oxygen atoms in total. The summed E-state index contributed by atoms with van der Waals surface area (Å²) in [6, 6.07) is 11.1. The Kier molecular flexibility index (Phi) is 19.0. The maximum atomic E-state index is 14.8. The highest BCUT2D eigenvalue weighted by Crippen LogP contribution is 2.46. The van der Waals surface area contributed by atoms with Crippen molar-refractivity contribution in [1.82, 2.24) is 0 Å². The summed E-state index contributed by atoms with van der Waals surface area (Å²) in [4.78, 5) is 14.8. The number of ether oxygens (including phenoxy) is 5. The van der Waals surface area contributed by atoms with Crippen molar-refractivity contribution in [3.8, 4) is 0 Å². The monoisotopic (exact) mass is 823 g/mol. The molecule has 1 aromatic carbocycles. The average Bonchev–Trinajstić information content (AvgIpc) is 3.05. The standard InChI is InChI=1S/C44H82O8Si3/c1-33(2)55(34(3)4,35(5)6)50-25-24-38-28-39(51-44(46-13,41(38)45)43(11,12)31-48-30-37-22-20-19-21-23-37)29-40(49-32-47-26-27-53(14,15)16)36(7)52-54(17,18)42(8,9)10/h19-24,33-36,39-40H,25-32H2,1-18H3/b38-24+/t36-,39+,40-,44+/m1/s1. The number of methoxy groups -OCH3 is 1. The Hall–Kier alpha value is -0.999. The van der Waals surface area contributed by atoms with Gasteiger partial charge in [0.05, 0.1) is 43.5 Å². The minimum Gasteiger partial charge on any atom is -0.412 e. The molecule has 55 heavy (non-hydrogen) atoms. The van der Waals surface area contributed by atoms with Crippen molar-refractivity contribution in [3.63, 3.8) is 0 Å². The minimum absolute atomic E-state index is 0.0266. The van der Waals surface area contributed by atoms with Gasteiger partial charge < -0.3 is 32.5 Å². The Morgan fingerprint density at radius 1 is 0.891 bits per heavy atom. The SMILES string of the molecule is CO[C@]1(C(C)(C)COCc2ccccc2)O[C@H](C[C@@H](OCOCC[Si](C)(C)C)[C@@H](C)O[Si](C)(C)C(C)(C)C)C/C(=C\CO[Si](C(C)C)(C(C)C)C(C)C)C1=O. The topological polar surface area (TPSA) is 81.7 Å². The number of Topliss-reactive ketones (excluding diaryl/α,β-unsaturated/α-hetero) is 1. The largest absolute Gasteiger partial charge is 0.412 e. The van der Waals surface area contributed by atoms with Crippen molar-refractivity contribution in [2.24, 2.45) is 5.41 Å². The Bertz CT molecular complexity index is 1310. The van der Waals surface area contributed by atoms with Gasteiger partial charge in [-0.25, -0.2) is 0 Å². The first-order chi connectivity index (χ1) is 25.3. The van der Waals surface area contributed by atoms with Crippen LogP contribution in [0, 0.1) is 5.41 Å². The summed E-state index contributed by atoms with van der Waals surface area (Å²) in [5.74, 6) is -1.77. The van der Waals surface area contributed by atoms with Gasteiger partial charge >= 0.3 is 0 Å². The maximum absolute atomic E-state index is 14.8. The zero-order valence-corrected chi connectivity index (χ0v) is 41.4. The van der Waals surface area contributed by atoms with E-state index >= 15 is 0 Å². The molecule has 1 fully saturated rings. The molecule has 318 valence electrons. The molecule has 11 heteroatoms. The van der Waals surface area contributed by atoms with E-state index in [0.29, 0.717) is 54.9 Å². The van der Waals surface area contributed by atoms with Crippen molar-refractivity contribution in [1.29, 1.82) is 0 Å². The van der Waals surface area contributed by atoms with E-state index in [1.54, 1.807) is 7.11 Å². The van der Waals surface area contributed by atoms with Gasteiger partial charge in [0, 0.05) is 40.2 Å². The van der Waals surface area contributed by atoms with E-state index in [1.165, 1.54) is 0 Å². The van der Waals surface area contributed by atoms with Gasteiger partial charge in [-0.05, 0) is 53.3 Å². The van der Waals surface area contributed by atoms with E-state index in [9.17, 15) is 4.79 Å². The molecule has 0 bridgehead atoms. The number of carbonyl (C=O) groups is 1. The summed E-state index contributed by atoms with van der Waals surface area (Å²) in [6.07, 6.45) is 1.94. The fourth-order valence-electron chi connectivity index (χ4n) is 7.90. The molecule has 0 N–H and O–H groups in total. The molecule has 1 aromatic rings. The predicted molar refractivity (Wildman–Crippen MR) is 235 cm³/mol. The maximum Gasteiger partial charge on any atom is 0.240 e. The van der Waals surface area contributed by atoms with Crippen LogP contribution in [0.15, 0.2) is 42.0 Å². The number of hydrogen-bond donors (Lipinski definition) is 0. The van der Waals surface area contributed by atoms with Gasteiger partial charge in [-0.3, -0.25) is 4.79 Å². The quantitative estimate of drug-likeness (QED) is 0.0467. The van der Waals surface area contributed by atoms with Gasteiger partial charge in [0.2, 0.25) is 19.9 Å². The molecular weight excluding hydrogens is 741 g/mol. The van der Waals surface area contributed by atoms with Crippen LogP contribution in [0.25, 0.3) is 0 Å². The molecule has 0 spiro atoms. The van der Waals surface area contributed by atoms with Crippen molar-refractivity contribution in [2.45, 2.75) is 187 Å². The molecule has 0 aromatic heterocycles. The lowest BCUT2D eigenvalue weighted by atomic mass is 9.76. The molecule has 0 unspecified atom stereocenters. The van der Waals surface area contributed by atoms with Crippen LogP contribution in [-0.4, -0.2) is 88.3 Å². The van der Waals surface area contributed by atoms with E-state index in [4.69, 9.17) is 32.5 Å². The molecule has 1 heterocycles. The lowest BCUT2D eigenvalue weighted by Gasteiger charge is -2.49. The Balaban J connectivity index is 2.55. The molecule has 0 aliphatic carbocycles. The number of benzene rings is 1. The number of rotatable bonds is 23. The van der Waals surface area contributed by atoms with Crippen LogP contribution in [0.2, 0.25) is 60.4 Å². The van der Waals surface area contributed by atoms with Crippen molar-refractivity contribution in [3.05, 3.63) is 47.5 Å². The van der Waals surface area contributed by atoms with Crippen molar-refractivity contribution >= 4 is 30.5 Å². The summed E-state index contributed by atoms with van der Waals surface area (Å²) in [7, 11) is -4.01. The summed E-state index contributed by atoms with van der Waals surface area (Å²) in [5, 5.41) is 0.0266. The van der Waals surface area contributed by atoms with E-state index in [-0.39, 0.29) is 36.4 Å². The molecular formula is C44H82O8Si3. The van der Waals surface area contributed by atoms with Crippen LogP contribution in [0.1, 0.15) is 101 Å². The average molecular weight is 823 g/mol. The zero-order chi connectivity index (χ0) is 42.0. The molecule has 2 rings (SSSR count). The van der Waals surface area contributed by atoms with E-state index in [2.05, 4.69) is 102 Å². The molecule has 0 amide bonds. The van der Waals surface area contributed by atoms with Gasteiger partial charge in [0.15, 0.2) is 8.32 Å². The van der Waals surface area contributed by atoms with Gasteiger partial charge in [-0.2, -0.15) is 0 Å². The lowest BCUT2D eigenvalue weighted by molar-refractivity contribution is -0.297. The summed E-state index contributed by atoms with van der Waals surface area (Å²) in [6.45, 7) is 40.0. The van der Waals surface area contributed by atoms with Crippen LogP contribution in [0.3, 0.4) is 0 Å². The summed E-state index contributed by atoms with van der Waals surface area (Å²) >= 11 is 0. The van der Waals surface area contributed by atoms with Crippen LogP contribution >= 0.6 is 0 Å². The van der Waals surface area contributed by atoms with Crippen LogP contribution in [0.5, 0.6) is 0 Å². The number of ketones is 1. The van der Waals surface area contributed by atoms with E-state index in [0.717, 1.165) is 11.6 Å². The second-order valence-electron chi connectivity index (χ2n) is 20.2. The van der Waals surface area contributed by atoms with Gasteiger partial charge in [-0.1, -0.05) is 132 Å². The summed E-state index contributed by atoms with van der Waals surface area (Å²) < 4.78 is 46.1. The lowest BCUT2D eigenvalue weighted by Crippen LogP contribution is -2.62. The normalized spacial score (nSPS) is 21.3. The number of hydrogen-bond acceptors (Lipinski definition) is 8. The molecule has 0 radical (unpaired) electrons. The zero-order valence-electron chi connectivity index (χ0n) is 38.4. The molecule has 4 atom stereocenters. The molecule has 0 saturated carbocycles. The highest BCUT2D eigenvalue weighted by molar-refractivity contribution is 6.77. The first kappa shape index (κ1) is 50.1. The van der Waals surface area contributed by atoms with Gasteiger partial charge in [0.1, 0.15) is 6.79 Å². The van der Waals surface area contributed by atoms with Crippen molar-refractivity contribution < 1.29 is 37.3 Å². The van der Waals surface area contributed by atoms with Crippen LogP contribution in [-0.2, 0) is 43.9 Å². The fraction of sp³-hybridized carbons (Fsp3) is 0.795. The Morgan fingerprint density at radius 2 is 1.47 bits per heavy atom. The second-order valence-corrected chi connectivity index (χ2v) is 36.0. The van der Waals surface area contributed by atoms with Crippen molar-refractivity contribution in [2.75, 3.05) is 33.7 Å². The van der Waals surface area contributed by atoms with E-state index in [1.807, 2.05) is 50.3 Å². The summed E-state index contributed by atoms with van der Waals surface area (Å²) in [5.41, 5.74) is 2.16. The van der Waals surface area contributed by atoms with Gasteiger partial charge in [0.25, 0.3) is 0 Å². The minimum atomic E-state index is -2.18. The fourth-order valence-corrected chi connectivity index (χ4v) is 15.5. The Labute approximate surface area is 340 Å². The Morgan fingerprint density at radius 3 is 1.98 bits per heavy atom. The third kappa shape index (κ3) is 13.5. The third-order valence-electron chi connectivity index (χ3n) is 12.2. The first-order valence-electron chi connectivity index (χ1n) is 20.9. The van der Waals surface area contributed by atoms with Gasteiger partial charge in [-0.15, -0.1) is 0 Å². The first-order valence-corrected chi connectivity index (χ1v) is 29.6. The van der Waals surface area contributed by atoms with E-state index < -0.39 is 42.0 Å². The third-order valence-corrected chi connectivity index (χ3v) is 24.5. The smallest absolute Gasteiger partial charge is 0.240 e. The molecule has 1 saturated heterocycles. The molecule has 1 aliphatic heterocycles. The van der Waals surface area contributed by atoms with Crippen LogP contribution in [0.4, 0.5) is 0 Å². The number of carbonyl (C=O) groups excluding carboxylic acids is 1. The highest BCUT2D eigenvalue weighted by Gasteiger charge is 2.58.